The van der Waals surface area contributed by atoms with E-state index in [1.165, 1.54) is 30.5 Å². The lowest BCUT2D eigenvalue weighted by atomic mass is 10.1. The molecule has 6 nitrogen and oxygen atoms in total. The lowest BCUT2D eigenvalue weighted by Crippen LogP contribution is -2.28. The van der Waals surface area contributed by atoms with Gasteiger partial charge in [0.05, 0.1) is 11.1 Å². The number of aromatic nitrogens is 1. The number of halogens is 4. The molecular formula is C25H24F4N4O2. The van der Waals surface area contributed by atoms with Gasteiger partial charge in [0, 0.05) is 30.5 Å². The molecule has 1 fully saturated rings. The molecule has 1 aromatic heterocycles. The number of hydrogen-bond acceptors (Lipinski definition) is 5. The summed E-state index contributed by atoms with van der Waals surface area (Å²) in [4.78, 5) is 17.1. The molecule has 0 saturated carbocycles. The summed E-state index contributed by atoms with van der Waals surface area (Å²) >= 11 is 0. The fourth-order valence-corrected chi connectivity index (χ4v) is 3.73. The molecule has 2 heterocycles. The Hall–Kier alpha value is -3.66. The molecule has 184 valence electrons. The second kappa shape index (κ2) is 10.7. The van der Waals surface area contributed by atoms with Crippen LogP contribution in [0.2, 0.25) is 0 Å². The van der Waals surface area contributed by atoms with E-state index < -0.39 is 17.6 Å². The Kier molecular flexibility index (Phi) is 7.50. The fraction of sp³-hybridized carbons (Fsp3) is 0.280. The van der Waals surface area contributed by atoms with E-state index >= 15 is 0 Å². The van der Waals surface area contributed by atoms with Gasteiger partial charge < -0.3 is 20.7 Å². The van der Waals surface area contributed by atoms with Crippen molar-refractivity contribution >= 4 is 17.4 Å². The van der Waals surface area contributed by atoms with Crippen molar-refractivity contribution in [2.45, 2.75) is 31.6 Å². The Labute approximate surface area is 199 Å². The number of alkyl halides is 3. The van der Waals surface area contributed by atoms with Crippen LogP contribution in [0, 0.1) is 5.82 Å². The molecule has 1 aliphatic heterocycles. The van der Waals surface area contributed by atoms with Crippen LogP contribution in [0.1, 0.15) is 34.3 Å². The summed E-state index contributed by atoms with van der Waals surface area (Å²) in [5, 5.41) is 8.75. The van der Waals surface area contributed by atoms with Crippen LogP contribution in [0.3, 0.4) is 0 Å². The molecule has 1 amide bonds. The van der Waals surface area contributed by atoms with E-state index in [9.17, 15) is 22.4 Å². The molecule has 1 atom stereocenters. The summed E-state index contributed by atoms with van der Waals surface area (Å²) in [5.41, 5.74) is -0.0671. The molecule has 0 unspecified atom stereocenters. The van der Waals surface area contributed by atoms with Crippen molar-refractivity contribution in [3.63, 3.8) is 0 Å². The van der Waals surface area contributed by atoms with E-state index in [0.29, 0.717) is 0 Å². The first-order valence-electron chi connectivity index (χ1n) is 11.1. The average molecular weight is 488 g/mol. The Morgan fingerprint density at radius 1 is 1.14 bits per heavy atom. The van der Waals surface area contributed by atoms with Gasteiger partial charge in [-0.25, -0.2) is 9.37 Å². The predicted octanol–water partition coefficient (Wildman–Crippen LogP) is 5.23. The second-order valence-corrected chi connectivity index (χ2v) is 8.18. The van der Waals surface area contributed by atoms with Gasteiger partial charge in [0.1, 0.15) is 24.0 Å². The minimum absolute atomic E-state index is 0.0182. The molecule has 4 rings (SSSR count). The maximum Gasteiger partial charge on any atom is 0.416 e. The van der Waals surface area contributed by atoms with Gasteiger partial charge in [-0.05, 0) is 61.3 Å². The van der Waals surface area contributed by atoms with Crippen LogP contribution in [0.15, 0.2) is 60.8 Å². The van der Waals surface area contributed by atoms with Gasteiger partial charge in [-0.2, -0.15) is 13.2 Å². The number of benzene rings is 2. The standard InChI is InChI=1S/C25H24F4N4O2/c26-18-7-5-16(6-8-18)14-32-23-22(4-2-10-31-23)24(34)33-20-11-17(25(27,28)29)12-21(13-20)35-15-19-3-1-9-30-19/h2,4-8,10-13,19,30H,1,3,9,14-15H2,(H,31,32)(H,33,34)/t19-/m1/s1. The third-order valence-electron chi connectivity index (χ3n) is 5.53. The number of pyridine rings is 1. The van der Waals surface area contributed by atoms with Gasteiger partial charge in [-0.1, -0.05) is 12.1 Å². The Bertz CT molecular complexity index is 1160. The highest BCUT2D eigenvalue weighted by atomic mass is 19.4. The molecule has 1 saturated heterocycles. The van der Waals surface area contributed by atoms with Gasteiger partial charge in [-0.3, -0.25) is 4.79 Å². The summed E-state index contributed by atoms with van der Waals surface area (Å²) in [5.74, 6) is -0.743. The van der Waals surface area contributed by atoms with Crippen LogP contribution in [0.4, 0.5) is 29.1 Å². The number of hydrogen-bond donors (Lipinski definition) is 3. The van der Waals surface area contributed by atoms with Gasteiger partial charge in [0.2, 0.25) is 0 Å². The molecule has 3 aromatic rings. The molecule has 10 heteroatoms. The average Bonchev–Trinajstić information content (AvgIpc) is 3.36. The molecule has 0 aliphatic carbocycles. The van der Waals surface area contributed by atoms with E-state index in [0.717, 1.165) is 37.1 Å². The van der Waals surface area contributed by atoms with Crippen molar-refractivity contribution in [1.29, 1.82) is 0 Å². The summed E-state index contributed by atoms with van der Waals surface area (Å²) in [6.07, 6.45) is -1.25. The van der Waals surface area contributed by atoms with Gasteiger partial charge in [0.15, 0.2) is 0 Å². The highest BCUT2D eigenvalue weighted by molar-refractivity contribution is 6.07. The highest BCUT2D eigenvalue weighted by Gasteiger charge is 2.32. The van der Waals surface area contributed by atoms with Crippen LogP contribution in [-0.4, -0.2) is 30.1 Å². The summed E-state index contributed by atoms with van der Waals surface area (Å²) < 4.78 is 59.2. The van der Waals surface area contributed by atoms with E-state index in [1.807, 2.05) is 0 Å². The van der Waals surface area contributed by atoms with Gasteiger partial charge in [-0.15, -0.1) is 0 Å². The highest BCUT2D eigenvalue weighted by Crippen LogP contribution is 2.34. The van der Waals surface area contributed by atoms with Crippen molar-refractivity contribution in [2.24, 2.45) is 0 Å². The molecule has 2 aromatic carbocycles. The quantitative estimate of drug-likeness (QED) is 0.379. The molecule has 1 aliphatic rings. The Morgan fingerprint density at radius 3 is 2.66 bits per heavy atom. The SMILES string of the molecule is O=C(Nc1cc(OC[C@H]2CCCN2)cc(C(F)(F)F)c1)c1cccnc1NCc1ccc(F)cc1. The minimum Gasteiger partial charge on any atom is -0.492 e. The number of rotatable bonds is 8. The van der Waals surface area contributed by atoms with Crippen LogP contribution in [0.25, 0.3) is 0 Å². The monoisotopic (exact) mass is 488 g/mol. The molecule has 0 spiro atoms. The zero-order valence-corrected chi connectivity index (χ0v) is 18.7. The minimum atomic E-state index is -4.61. The normalized spacial score (nSPS) is 15.6. The first kappa shape index (κ1) is 24.5. The van der Waals surface area contributed by atoms with E-state index in [4.69, 9.17) is 4.74 Å². The zero-order chi connectivity index (χ0) is 24.8. The molecule has 0 radical (unpaired) electrons. The predicted molar refractivity (Wildman–Crippen MR) is 124 cm³/mol. The van der Waals surface area contributed by atoms with Gasteiger partial charge in [0.25, 0.3) is 5.91 Å². The third kappa shape index (κ3) is 6.69. The number of carbonyl (C=O) groups excluding carboxylic acids is 1. The number of nitrogens with one attached hydrogen (secondary N) is 3. The molecule has 3 N–H and O–H groups in total. The third-order valence-corrected chi connectivity index (χ3v) is 5.53. The zero-order valence-electron chi connectivity index (χ0n) is 18.7. The van der Waals surface area contributed by atoms with Crippen molar-refractivity contribution in [3.8, 4) is 5.75 Å². The van der Waals surface area contributed by atoms with Crippen molar-refractivity contribution < 1.29 is 27.1 Å². The van der Waals surface area contributed by atoms with Gasteiger partial charge >= 0.3 is 6.18 Å². The maximum absolute atomic E-state index is 13.5. The topological polar surface area (TPSA) is 75.3 Å². The molecule has 35 heavy (non-hydrogen) atoms. The first-order chi connectivity index (χ1) is 16.8. The lowest BCUT2D eigenvalue weighted by Gasteiger charge is -2.16. The van der Waals surface area contributed by atoms with Crippen LogP contribution < -0.4 is 20.7 Å². The number of amides is 1. The lowest BCUT2D eigenvalue weighted by molar-refractivity contribution is -0.137. The number of anilines is 2. The molecule has 0 bridgehead atoms. The largest absolute Gasteiger partial charge is 0.492 e. The molecular weight excluding hydrogens is 464 g/mol. The Balaban J connectivity index is 1.50. The van der Waals surface area contributed by atoms with Crippen LogP contribution in [-0.2, 0) is 12.7 Å². The van der Waals surface area contributed by atoms with Crippen molar-refractivity contribution in [3.05, 3.63) is 83.3 Å². The van der Waals surface area contributed by atoms with Crippen LogP contribution >= 0.6 is 0 Å². The summed E-state index contributed by atoms with van der Waals surface area (Å²) in [7, 11) is 0. The van der Waals surface area contributed by atoms with E-state index in [1.54, 1.807) is 18.2 Å². The van der Waals surface area contributed by atoms with Crippen molar-refractivity contribution in [1.82, 2.24) is 10.3 Å². The number of ether oxygens (including phenoxy) is 1. The van der Waals surface area contributed by atoms with Crippen molar-refractivity contribution in [2.75, 3.05) is 23.8 Å². The van der Waals surface area contributed by atoms with E-state index in [-0.39, 0.29) is 47.8 Å². The summed E-state index contributed by atoms with van der Waals surface area (Å²) in [6, 6.07) is 12.1. The maximum atomic E-state index is 13.5. The van der Waals surface area contributed by atoms with Crippen LogP contribution in [0.5, 0.6) is 5.75 Å². The summed E-state index contributed by atoms with van der Waals surface area (Å²) in [6.45, 7) is 1.35. The fourth-order valence-electron chi connectivity index (χ4n) is 3.73. The second-order valence-electron chi connectivity index (χ2n) is 8.18. The number of nitrogens with zero attached hydrogens (tertiary/aromatic N) is 1. The first-order valence-corrected chi connectivity index (χ1v) is 11.1. The smallest absolute Gasteiger partial charge is 0.416 e. The van der Waals surface area contributed by atoms with E-state index in [2.05, 4.69) is 20.9 Å². The number of carbonyl (C=O) groups is 1. The Morgan fingerprint density at radius 2 is 1.94 bits per heavy atom.